The van der Waals surface area contributed by atoms with E-state index in [1.807, 2.05) is 35.2 Å². The van der Waals surface area contributed by atoms with Gasteiger partial charge in [-0.2, -0.15) is 5.10 Å². The molecule has 1 aromatic carbocycles. The molecule has 0 radical (unpaired) electrons. The lowest BCUT2D eigenvalue weighted by atomic mass is 10.1. The van der Waals surface area contributed by atoms with Gasteiger partial charge in [-0.1, -0.05) is 29.8 Å². The molecule has 2 heterocycles. The van der Waals surface area contributed by atoms with Crippen molar-refractivity contribution in [2.75, 3.05) is 19.6 Å². The molecule has 0 saturated carbocycles. The molecule has 1 saturated heterocycles. The third-order valence-corrected chi connectivity index (χ3v) is 3.92. The Bertz CT molecular complexity index is 632. The van der Waals surface area contributed by atoms with Crippen LogP contribution in [0.3, 0.4) is 0 Å². The van der Waals surface area contributed by atoms with Gasteiger partial charge in [0.2, 0.25) is 0 Å². The van der Waals surface area contributed by atoms with Crippen LogP contribution >= 0.6 is 0 Å². The van der Waals surface area contributed by atoms with Crippen LogP contribution in [0.4, 0.5) is 0 Å². The fraction of sp³-hybridized carbons (Fsp3) is 0.375. The first kappa shape index (κ1) is 13.8. The highest BCUT2D eigenvalue weighted by molar-refractivity contribution is 5.93. The molecule has 2 N–H and O–H groups in total. The molecule has 0 spiro atoms. The molecular formula is C16H20N4O. The number of H-pyrrole nitrogens is 1. The topological polar surface area (TPSA) is 61.0 Å². The molecule has 110 valence electrons. The quantitative estimate of drug-likeness (QED) is 0.884. The predicted molar refractivity (Wildman–Crippen MR) is 82.1 cm³/mol. The number of carbonyl (C=O) groups is 1. The second kappa shape index (κ2) is 5.69. The number of rotatable bonds is 2. The second-order valence-corrected chi connectivity index (χ2v) is 5.58. The summed E-state index contributed by atoms with van der Waals surface area (Å²) in [4.78, 5) is 14.4. The van der Waals surface area contributed by atoms with Crippen LogP contribution in [0.25, 0.3) is 11.3 Å². The standard InChI is InChI=1S/C16H20N4O/c1-11-3-5-13(6-4-11)14-9-15(19-18-14)16(21)20-8-7-17-10-12(20)2/h3-6,9,12,17H,7-8,10H2,1-2H3,(H,18,19). The summed E-state index contributed by atoms with van der Waals surface area (Å²) in [7, 11) is 0. The minimum absolute atomic E-state index is 0.0230. The number of piperazine rings is 1. The lowest BCUT2D eigenvalue weighted by molar-refractivity contribution is 0.0649. The maximum atomic E-state index is 12.5. The van der Waals surface area contributed by atoms with Gasteiger partial charge in [0.25, 0.3) is 5.91 Å². The molecular weight excluding hydrogens is 264 g/mol. The van der Waals surface area contributed by atoms with Crippen LogP contribution in [0.2, 0.25) is 0 Å². The Balaban J connectivity index is 1.81. The van der Waals surface area contributed by atoms with Gasteiger partial charge >= 0.3 is 0 Å². The molecule has 0 bridgehead atoms. The fourth-order valence-electron chi connectivity index (χ4n) is 2.60. The van der Waals surface area contributed by atoms with E-state index in [9.17, 15) is 4.79 Å². The smallest absolute Gasteiger partial charge is 0.272 e. The Kier molecular flexibility index (Phi) is 3.75. The van der Waals surface area contributed by atoms with E-state index in [0.29, 0.717) is 5.69 Å². The number of amides is 1. The van der Waals surface area contributed by atoms with E-state index < -0.39 is 0 Å². The highest BCUT2D eigenvalue weighted by Crippen LogP contribution is 2.19. The van der Waals surface area contributed by atoms with Crippen molar-refractivity contribution < 1.29 is 4.79 Å². The largest absolute Gasteiger partial charge is 0.332 e. The number of aromatic nitrogens is 2. The number of nitrogens with one attached hydrogen (secondary N) is 2. The number of nitrogens with zero attached hydrogens (tertiary/aromatic N) is 2. The third kappa shape index (κ3) is 2.83. The van der Waals surface area contributed by atoms with E-state index >= 15 is 0 Å². The Labute approximate surface area is 124 Å². The van der Waals surface area contributed by atoms with E-state index in [4.69, 9.17) is 0 Å². The van der Waals surface area contributed by atoms with Crippen LogP contribution in [0, 0.1) is 6.92 Å². The first-order chi connectivity index (χ1) is 10.1. The van der Waals surface area contributed by atoms with Crippen LogP contribution in [-0.2, 0) is 0 Å². The molecule has 1 fully saturated rings. The zero-order chi connectivity index (χ0) is 14.8. The van der Waals surface area contributed by atoms with Crippen LogP contribution in [0.5, 0.6) is 0 Å². The highest BCUT2D eigenvalue weighted by atomic mass is 16.2. The van der Waals surface area contributed by atoms with Gasteiger partial charge in [0, 0.05) is 31.2 Å². The second-order valence-electron chi connectivity index (χ2n) is 5.58. The molecule has 1 aliphatic heterocycles. The molecule has 1 unspecified atom stereocenters. The summed E-state index contributed by atoms with van der Waals surface area (Å²) in [6.45, 7) is 6.52. The molecule has 1 aliphatic rings. The van der Waals surface area contributed by atoms with Crippen LogP contribution in [0.15, 0.2) is 30.3 Å². The highest BCUT2D eigenvalue weighted by Gasteiger charge is 2.25. The maximum Gasteiger partial charge on any atom is 0.272 e. The summed E-state index contributed by atoms with van der Waals surface area (Å²) in [6, 6.07) is 10.2. The zero-order valence-electron chi connectivity index (χ0n) is 12.4. The van der Waals surface area contributed by atoms with E-state index in [1.54, 1.807) is 0 Å². The van der Waals surface area contributed by atoms with Crippen molar-refractivity contribution in [3.8, 4) is 11.3 Å². The van der Waals surface area contributed by atoms with E-state index in [0.717, 1.165) is 30.9 Å². The molecule has 1 atom stereocenters. The Hall–Kier alpha value is -2.14. The van der Waals surface area contributed by atoms with E-state index in [2.05, 4.69) is 29.4 Å². The number of hydrogen-bond acceptors (Lipinski definition) is 3. The number of carbonyl (C=O) groups excluding carboxylic acids is 1. The average Bonchev–Trinajstić information content (AvgIpc) is 2.98. The molecule has 3 rings (SSSR count). The number of aryl methyl sites for hydroxylation is 1. The zero-order valence-corrected chi connectivity index (χ0v) is 12.4. The predicted octanol–water partition coefficient (Wildman–Crippen LogP) is 1.82. The van der Waals surface area contributed by atoms with Crippen LogP contribution < -0.4 is 5.32 Å². The van der Waals surface area contributed by atoms with Crippen molar-refractivity contribution in [1.29, 1.82) is 0 Å². The van der Waals surface area contributed by atoms with Gasteiger partial charge < -0.3 is 10.2 Å². The molecule has 21 heavy (non-hydrogen) atoms. The molecule has 2 aromatic rings. The van der Waals surface area contributed by atoms with Crippen molar-refractivity contribution in [3.05, 3.63) is 41.6 Å². The SMILES string of the molecule is Cc1ccc(-c2cc(C(=O)N3CCNCC3C)[nH]n2)cc1. The Morgan fingerprint density at radius 2 is 2.10 bits per heavy atom. The summed E-state index contributed by atoms with van der Waals surface area (Å²) >= 11 is 0. The van der Waals surface area contributed by atoms with Crippen molar-refractivity contribution >= 4 is 5.91 Å². The first-order valence-corrected chi connectivity index (χ1v) is 7.29. The molecule has 1 amide bonds. The minimum Gasteiger partial charge on any atom is -0.332 e. The van der Waals surface area contributed by atoms with Gasteiger partial charge in [0.1, 0.15) is 5.69 Å². The number of aromatic amines is 1. The average molecular weight is 284 g/mol. The Morgan fingerprint density at radius 1 is 1.33 bits per heavy atom. The third-order valence-electron chi connectivity index (χ3n) is 3.92. The first-order valence-electron chi connectivity index (χ1n) is 7.29. The molecule has 5 nitrogen and oxygen atoms in total. The molecule has 0 aliphatic carbocycles. The van der Waals surface area contributed by atoms with Gasteiger partial charge in [-0.3, -0.25) is 9.89 Å². The summed E-state index contributed by atoms with van der Waals surface area (Å²) in [5.41, 5.74) is 3.59. The lowest BCUT2D eigenvalue weighted by Crippen LogP contribution is -2.52. The van der Waals surface area contributed by atoms with Gasteiger partial charge in [0.15, 0.2) is 0 Å². The lowest BCUT2D eigenvalue weighted by Gasteiger charge is -2.33. The van der Waals surface area contributed by atoms with Crippen LogP contribution in [-0.4, -0.2) is 46.7 Å². The molecule has 5 heteroatoms. The number of hydrogen-bond donors (Lipinski definition) is 2. The van der Waals surface area contributed by atoms with Crippen molar-refractivity contribution in [2.24, 2.45) is 0 Å². The van der Waals surface area contributed by atoms with Gasteiger partial charge in [-0.25, -0.2) is 0 Å². The summed E-state index contributed by atoms with van der Waals surface area (Å²) in [5, 5.41) is 10.4. The summed E-state index contributed by atoms with van der Waals surface area (Å²) in [5.74, 6) is 0.0230. The van der Waals surface area contributed by atoms with Gasteiger partial charge in [-0.15, -0.1) is 0 Å². The van der Waals surface area contributed by atoms with Crippen molar-refractivity contribution in [1.82, 2.24) is 20.4 Å². The monoisotopic (exact) mass is 284 g/mol. The number of benzene rings is 1. The minimum atomic E-state index is 0.0230. The van der Waals surface area contributed by atoms with Gasteiger partial charge in [-0.05, 0) is 19.9 Å². The maximum absolute atomic E-state index is 12.5. The van der Waals surface area contributed by atoms with E-state index in [-0.39, 0.29) is 11.9 Å². The van der Waals surface area contributed by atoms with E-state index in [1.165, 1.54) is 5.56 Å². The van der Waals surface area contributed by atoms with Crippen molar-refractivity contribution in [2.45, 2.75) is 19.9 Å². The summed E-state index contributed by atoms with van der Waals surface area (Å²) in [6.07, 6.45) is 0. The molecule has 1 aromatic heterocycles. The van der Waals surface area contributed by atoms with Gasteiger partial charge in [0.05, 0.1) is 5.69 Å². The van der Waals surface area contributed by atoms with Crippen molar-refractivity contribution in [3.63, 3.8) is 0 Å². The van der Waals surface area contributed by atoms with Crippen LogP contribution in [0.1, 0.15) is 23.0 Å². The normalized spacial score (nSPS) is 18.8. The summed E-state index contributed by atoms with van der Waals surface area (Å²) < 4.78 is 0. The fourth-order valence-corrected chi connectivity index (χ4v) is 2.60. The Morgan fingerprint density at radius 3 is 2.81 bits per heavy atom.